The molecule has 0 atom stereocenters. The van der Waals surface area contributed by atoms with Gasteiger partial charge in [0.25, 0.3) is 0 Å². The molecule has 0 unspecified atom stereocenters. The molecule has 0 aromatic carbocycles. The number of nitrogen functional groups attached to an aromatic ring is 1. The van der Waals surface area contributed by atoms with Gasteiger partial charge in [0.15, 0.2) is 0 Å². The maximum absolute atomic E-state index is 5.71. The van der Waals surface area contributed by atoms with E-state index in [0.717, 1.165) is 16.7 Å². The highest BCUT2D eigenvalue weighted by molar-refractivity contribution is 5.76. The quantitative estimate of drug-likeness (QED) is 0.566. The summed E-state index contributed by atoms with van der Waals surface area (Å²) in [6, 6.07) is 5.80. The molecule has 0 aliphatic heterocycles. The Morgan fingerprint density at radius 3 is 3.09 bits per heavy atom. The highest BCUT2D eigenvalue weighted by atomic mass is 15.3. The first-order valence-electron chi connectivity index (χ1n) is 3.47. The number of fused-ring (bicyclic) bond motifs is 1. The molecule has 0 fully saturated rings. The summed E-state index contributed by atoms with van der Waals surface area (Å²) in [6.07, 6.45) is 1.77. The molecule has 0 saturated carbocycles. The number of nitrogens with two attached hydrogens (primary N) is 1. The summed E-state index contributed by atoms with van der Waals surface area (Å²) in [6.45, 7) is 1.96. The van der Waals surface area contributed by atoms with Crippen molar-refractivity contribution in [1.29, 1.82) is 0 Å². The Morgan fingerprint density at radius 1 is 1.55 bits per heavy atom. The fourth-order valence-electron chi connectivity index (χ4n) is 1.18. The van der Waals surface area contributed by atoms with Crippen LogP contribution in [-0.4, -0.2) is 9.66 Å². The molecule has 2 aromatic rings. The maximum atomic E-state index is 5.71. The van der Waals surface area contributed by atoms with E-state index in [9.17, 15) is 0 Å². The van der Waals surface area contributed by atoms with E-state index in [0.29, 0.717) is 0 Å². The standard InChI is InChI=1S/C8H9N3/c1-6-5-7-8(11(6)9)3-2-4-10-7/h2-5H,9H2,1H3. The van der Waals surface area contributed by atoms with E-state index >= 15 is 0 Å². The number of aryl methyl sites for hydroxylation is 1. The Morgan fingerprint density at radius 2 is 2.36 bits per heavy atom. The second kappa shape index (κ2) is 1.99. The number of pyridine rings is 1. The van der Waals surface area contributed by atoms with Gasteiger partial charge in [-0.15, -0.1) is 0 Å². The van der Waals surface area contributed by atoms with E-state index < -0.39 is 0 Å². The third kappa shape index (κ3) is 0.774. The van der Waals surface area contributed by atoms with E-state index in [1.54, 1.807) is 10.9 Å². The van der Waals surface area contributed by atoms with E-state index in [1.165, 1.54) is 0 Å². The first-order valence-corrected chi connectivity index (χ1v) is 3.47. The highest BCUT2D eigenvalue weighted by Crippen LogP contribution is 2.12. The molecule has 2 heterocycles. The van der Waals surface area contributed by atoms with Crippen LogP contribution in [0.4, 0.5) is 0 Å². The first-order chi connectivity index (χ1) is 5.29. The second-order valence-electron chi connectivity index (χ2n) is 2.56. The lowest BCUT2D eigenvalue weighted by Gasteiger charge is -1.96. The van der Waals surface area contributed by atoms with E-state index in [-0.39, 0.29) is 0 Å². The molecule has 0 radical (unpaired) electrons. The molecule has 3 heteroatoms. The third-order valence-electron chi connectivity index (χ3n) is 1.80. The zero-order valence-electron chi connectivity index (χ0n) is 6.28. The van der Waals surface area contributed by atoms with Gasteiger partial charge >= 0.3 is 0 Å². The van der Waals surface area contributed by atoms with Crippen molar-refractivity contribution in [2.24, 2.45) is 0 Å². The molecule has 0 bridgehead atoms. The van der Waals surface area contributed by atoms with Gasteiger partial charge in [0.1, 0.15) is 0 Å². The molecule has 0 aliphatic rings. The topological polar surface area (TPSA) is 43.8 Å². The van der Waals surface area contributed by atoms with Crippen LogP contribution in [-0.2, 0) is 0 Å². The van der Waals surface area contributed by atoms with Gasteiger partial charge in [0, 0.05) is 11.9 Å². The predicted octanol–water partition coefficient (Wildman–Crippen LogP) is 1.06. The fraction of sp³-hybridized carbons (Fsp3) is 0.125. The minimum atomic E-state index is 0.951. The Balaban J connectivity index is 2.92. The Labute approximate surface area is 64.4 Å². The lowest BCUT2D eigenvalue weighted by Crippen LogP contribution is -2.08. The lowest BCUT2D eigenvalue weighted by molar-refractivity contribution is 1.000. The zero-order valence-corrected chi connectivity index (χ0v) is 6.28. The summed E-state index contributed by atoms with van der Waals surface area (Å²) >= 11 is 0. The Bertz CT molecular complexity index is 389. The van der Waals surface area contributed by atoms with Crippen LogP contribution in [0.3, 0.4) is 0 Å². The highest BCUT2D eigenvalue weighted by Gasteiger charge is 2.00. The summed E-state index contributed by atoms with van der Waals surface area (Å²) in [7, 11) is 0. The Kier molecular flexibility index (Phi) is 1.12. The van der Waals surface area contributed by atoms with Crippen molar-refractivity contribution in [2.75, 3.05) is 5.84 Å². The van der Waals surface area contributed by atoms with Crippen LogP contribution in [0.2, 0.25) is 0 Å². The van der Waals surface area contributed by atoms with Gasteiger partial charge in [-0.3, -0.25) is 9.66 Å². The van der Waals surface area contributed by atoms with Gasteiger partial charge in [-0.25, -0.2) is 0 Å². The molecule has 0 saturated heterocycles. The van der Waals surface area contributed by atoms with Crippen LogP contribution >= 0.6 is 0 Å². The van der Waals surface area contributed by atoms with Crippen LogP contribution < -0.4 is 5.84 Å². The van der Waals surface area contributed by atoms with Crippen LogP contribution in [0, 0.1) is 6.92 Å². The molecule has 2 rings (SSSR count). The zero-order chi connectivity index (χ0) is 7.84. The molecule has 2 N–H and O–H groups in total. The van der Waals surface area contributed by atoms with Crippen molar-refractivity contribution in [3.8, 4) is 0 Å². The summed E-state index contributed by atoms with van der Waals surface area (Å²) in [5.41, 5.74) is 2.95. The smallest absolute Gasteiger partial charge is 0.0903 e. The van der Waals surface area contributed by atoms with Crippen molar-refractivity contribution in [2.45, 2.75) is 6.92 Å². The van der Waals surface area contributed by atoms with Crippen molar-refractivity contribution < 1.29 is 0 Å². The largest absolute Gasteiger partial charge is 0.339 e. The molecule has 11 heavy (non-hydrogen) atoms. The molecule has 3 nitrogen and oxygen atoms in total. The molecule has 56 valence electrons. The van der Waals surface area contributed by atoms with Gasteiger partial charge in [-0.1, -0.05) is 0 Å². The normalized spacial score (nSPS) is 10.6. The monoisotopic (exact) mass is 147 g/mol. The van der Waals surface area contributed by atoms with Crippen LogP contribution in [0.1, 0.15) is 5.69 Å². The van der Waals surface area contributed by atoms with Gasteiger partial charge in [0.2, 0.25) is 0 Å². The molecule has 0 spiro atoms. The lowest BCUT2D eigenvalue weighted by atomic mass is 10.4. The molecular formula is C8H9N3. The minimum absolute atomic E-state index is 0.951. The predicted molar refractivity (Wildman–Crippen MR) is 44.6 cm³/mol. The van der Waals surface area contributed by atoms with Gasteiger partial charge in [0.05, 0.1) is 11.0 Å². The van der Waals surface area contributed by atoms with Crippen molar-refractivity contribution >= 4 is 11.0 Å². The van der Waals surface area contributed by atoms with Crippen molar-refractivity contribution in [3.63, 3.8) is 0 Å². The number of aromatic nitrogens is 2. The van der Waals surface area contributed by atoms with Crippen LogP contribution in [0.5, 0.6) is 0 Å². The summed E-state index contributed by atoms with van der Waals surface area (Å²) in [4.78, 5) is 4.16. The van der Waals surface area contributed by atoms with Crippen LogP contribution in [0.25, 0.3) is 11.0 Å². The number of hydrogen-bond donors (Lipinski definition) is 1. The van der Waals surface area contributed by atoms with Gasteiger partial charge in [-0.05, 0) is 25.1 Å². The maximum Gasteiger partial charge on any atom is 0.0903 e. The first kappa shape index (κ1) is 6.22. The number of hydrogen-bond acceptors (Lipinski definition) is 2. The average Bonchev–Trinajstić information content (AvgIpc) is 2.30. The van der Waals surface area contributed by atoms with E-state index in [4.69, 9.17) is 5.84 Å². The fourth-order valence-corrected chi connectivity index (χ4v) is 1.18. The minimum Gasteiger partial charge on any atom is -0.339 e. The number of nitrogens with zero attached hydrogens (tertiary/aromatic N) is 2. The van der Waals surface area contributed by atoms with E-state index in [1.807, 2.05) is 25.1 Å². The van der Waals surface area contributed by atoms with Crippen molar-refractivity contribution in [3.05, 3.63) is 30.1 Å². The van der Waals surface area contributed by atoms with Gasteiger partial charge in [-0.2, -0.15) is 0 Å². The summed E-state index contributed by atoms with van der Waals surface area (Å²) in [5, 5.41) is 0. The second-order valence-corrected chi connectivity index (χ2v) is 2.56. The van der Waals surface area contributed by atoms with Crippen molar-refractivity contribution in [1.82, 2.24) is 9.66 Å². The third-order valence-corrected chi connectivity index (χ3v) is 1.80. The number of rotatable bonds is 0. The molecule has 2 aromatic heterocycles. The molecule has 0 aliphatic carbocycles. The summed E-state index contributed by atoms with van der Waals surface area (Å²) in [5.74, 6) is 5.71. The summed E-state index contributed by atoms with van der Waals surface area (Å²) < 4.78 is 1.64. The van der Waals surface area contributed by atoms with E-state index in [2.05, 4.69) is 4.98 Å². The van der Waals surface area contributed by atoms with Crippen LogP contribution in [0.15, 0.2) is 24.4 Å². The molecule has 0 amide bonds. The average molecular weight is 147 g/mol. The van der Waals surface area contributed by atoms with Gasteiger partial charge < -0.3 is 5.84 Å². The molecular weight excluding hydrogens is 138 g/mol. The Hall–Kier alpha value is -1.51. The SMILES string of the molecule is Cc1cc2ncccc2n1N.